The van der Waals surface area contributed by atoms with E-state index in [0.717, 1.165) is 19.4 Å². The minimum Gasteiger partial charge on any atom is -0.344 e. The van der Waals surface area contributed by atoms with E-state index in [9.17, 15) is 4.39 Å². The van der Waals surface area contributed by atoms with Crippen molar-refractivity contribution in [3.05, 3.63) is 71.2 Å². The van der Waals surface area contributed by atoms with Crippen LogP contribution < -0.4 is 0 Å². The van der Waals surface area contributed by atoms with Gasteiger partial charge in [-0.2, -0.15) is 0 Å². The second-order valence-electron chi connectivity index (χ2n) is 7.30. The van der Waals surface area contributed by atoms with Gasteiger partial charge in [-0.3, -0.25) is 4.90 Å². The maximum absolute atomic E-state index is 13.1. The van der Waals surface area contributed by atoms with Crippen molar-refractivity contribution in [1.29, 1.82) is 0 Å². The van der Waals surface area contributed by atoms with Gasteiger partial charge in [-0.1, -0.05) is 30.3 Å². The van der Waals surface area contributed by atoms with E-state index in [2.05, 4.69) is 54.6 Å². The number of fused-ring (bicyclic) bond motifs is 3. The first-order valence-corrected chi connectivity index (χ1v) is 9.12. The fourth-order valence-corrected chi connectivity index (χ4v) is 4.23. The maximum Gasteiger partial charge on any atom is 0.123 e. The molecule has 2 aromatic carbocycles. The number of hydrogen-bond donors (Lipinski definition) is 0. The van der Waals surface area contributed by atoms with Crippen LogP contribution in [0.4, 0.5) is 4.39 Å². The normalized spacial score (nSPS) is 20.8. The van der Waals surface area contributed by atoms with E-state index >= 15 is 0 Å². The number of benzene rings is 2. The summed E-state index contributed by atoms with van der Waals surface area (Å²) in [5.74, 6) is -0.168. The van der Waals surface area contributed by atoms with Crippen molar-refractivity contribution in [1.82, 2.24) is 9.47 Å². The van der Waals surface area contributed by atoms with Gasteiger partial charge in [-0.15, -0.1) is 0 Å². The Labute approximate surface area is 148 Å². The third-order valence-electron chi connectivity index (χ3n) is 5.87. The largest absolute Gasteiger partial charge is 0.344 e. The number of likely N-dealkylation sites (N-methyl/N-ethyl adjacent to an activating group) is 1. The van der Waals surface area contributed by atoms with Gasteiger partial charge in [-0.25, -0.2) is 4.39 Å². The van der Waals surface area contributed by atoms with E-state index in [1.165, 1.54) is 27.7 Å². The van der Waals surface area contributed by atoms with E-state index < -0.39 is 0 Å². The lowest BCUT2D eigenvalue weighted by molar-refractivity contribution is 0.177. The van der Waals surface area contributed by atoms with E-state index in [1.54, 1.807) is 12.1 Å². The van der Waals surface area contributed by atoms with Crippen molar-refractivity contribution in [2.45, 2.75) is 45.3 Å². The SMILES string of the molecule is CC1Cc2c(c3ccccc3n2CCc2ccc(F)cc2)C(C)N1C. The van der Waals surface area contributed by atoms with Gasteiger partial charge >= 0.3 is 0 Å². The molecule has 0 aliphatic carbocycles. The molecule has 130 valence electrons. The summed E-state index contributed by atoms with van der Waals surface area (Å²) in [6.45, 7) is 5.55. The molecule has 0 spiro atoms. The van der Waals surface area contributed by atoms with Crippen molar-refractivity contribution in [2.75, 3.05) is 7.05 Å². The van der Waals surface area contributed by atoms with Crippen LogP contribution in [-0.4, -0.2) is 22.6 Å². The Hall–Kier alpha value is -2.13. The first-order valence-electron chi connectivity index (χ1n) is 9.12. The van der Waals surface area contributed by atoms with E-state index in [4.69, 9.17) is 0 Å². The average Bonchev–Trinajstić information content (AvgIpc) is 2.93. The highest BCUT2D eigenvalue weighted by Gasteiger charge is 2.31. The van der Waals surface area contributed by atoms with Crippen LogP contribution in [0.5, 0.6) is 0 Å². The molecule has 0 bridgehead atoms. The number of rotatable bonds is 3. The van der Waals surface area contributed by atoms with Crippen LogP contribution >= 0.6 is 0 Å². The van der Waals surface area contributed by atoms with Crippen LogP contribution in [0.3, 0.4) is 0 Å². The molecule has 0 saturated heterocycles. The Morgan fingerprint density at radius 3 is 2.52 bits per heavy atom. The molecule has 0 fully saturated rings. The summed E-state index contributed by atoms with van der Waals surface area (Å²) in [7, 11) is 2.23. The number of halogens is 1. The second-order valence-corrected chi connectivity index (χ2v) is 7.30. The summed E-state index contributed by atoms with van der Waals surface area (Å²) in [5.41, 5.74) is 5.46. The zero-order valence-electron chi connectivity index (χ0n) is 15.2. The van der Waals surface area contributed by atoms with Gasteiger partial charge in [0.2, 0.25) is 0 Å². The number of hydrogen-bond acceptors (Lipinski definition) is 1. The number of para-hydroxylation sites is 1. The Balaban J connectivity index is 1.76. The van der Waals surface area contributed by atoms with Crippen molar-refractivity contribution < 1.29 is 4.39 Å². The van der Waals surface area contributed by atoms with Gasteiger partial charge in [0.25, 0.3) is 0 Å². The standard InChI is InChI=1S/C22H25FN2/c1-15-14-21-22(16(2)24(15)3)19-6-4-5-7-20(19)25(21)13-12-17-8-10-18(23)11-9-17/h4-11,15-16H,12-14H2,1-3H3. The molecule has 1 aliphatic rings. The molecule has 3 aromatic rings. The molecule has 3 heteroatoms. The van der Waals surface area contributed by atoms with Crippen LogP contribution in [0.1, 0.15) is 36.7 Å². The molecular weight excluding hydrogens is 311 g/mol. The van der Waals surface area contributed by atoms with Crippen molar-refractivity contribution in [3.63, 3.8) is 0 Å². The zero-order valence-corrected chi connectivity index (χ0v) is 15.2. The maximum atomic E-state index is 13.1. The third kappa shape index (κ3) is 2.77. The minimum absolute atomic E-state index is 0.168. The Bertz CT molecular complexity index is 894. The molecule has 1 aromatic heterocycles. The van der Waals surface area contributed by atoms with Gasteiger partial charge in [-0.05, 0) is 56.6 Å². The van der Waals surface area contributed by atoms with Crippen LogP contribution in [0.15, 0.2) is 48.5 Å². The highest BCUT2D eigenvalue weighted by Crippen LogP contribution is 2.39. The molecule has 0 amide bonds. The van der Waals surface area contributed by atoms with Crippen molar-refractivity contribution >= 4 is 10.9 Å². The van der Waals surface area contributed by atoms with Gasteiger partial charge in [0, 0.05) is 41.6 Å². The summed E-state index contributed by atoms with van der Waals surface area (Å²) in [5, 5.41) is 1.38. The monoisotopic (exact) mass is 336 g/mol. The van der Waals surface area contributed by atoms with Crippen molar-refractivity contribution in [3.8, 4) is 0 Å². The Kier molecular flexibility index (Phi) is 4.12. The first-order chi connectivity index (χ1) is 12.1. The van der Waals surface area contributed by atoms with Crippen LogP contribution in [0, 0.1) is 5.82 Å². The molecule has 2 unspecified atom stereocenters. The molecule has 2 nitrogen and oxygen atoms in total. The fraction of sp³-hybridized carbons (Fsp3) is 0.364. The van der Waals surface area contributed by atoms with E-state index in [0.29, 0.717) is 12.1 Å². The van der Waals surface area contributed by atoms with E-state index in [1.807, 2.05) is 12.1 Å². The van der Waals surface area contributed by atoms with Crippen LogP contribution in [0.2, 0.25) is 0 Å². The minimum atomic E-state index is -0.168. The molecule has 0 radical (unpaired) electrons. The van der Waals surface area contributed by atoms with Gasteiger partial charge in [0.1, 0.15) is 5.82 Å². The summed E-state index contributed by atoms with van der Waals surface area (Å²) in [4.78, 5) is 2.47. The summed E-state index contributed by atoms with van der Waals surface area (Å²) < 4.78 is 15.6. The van der Waals surface area contributed by atoms with Crippen LogP contribution in [0.25, 0.3) is 10.9 Å². The van der Waals surface area contributed by atoms with Gasteiger partial charge < -0.3 is 4.57 Å². The van der Waals surface area contributed by atoms with E-state index in [-0.39, 0.29) is 5.82 Å². The molecule has 1 aliphatic heterocycles. The highest BCUT2D eigenvalue weighted by atomic mass is 19.1. The van der Waals surface area contributed by atoms with Crippen LogP contribution in [-0.2, 0) is 19.4 Å². The lowest BCUT2D eigenvalue weighted by Crippen LogP contribution is -2.38. The number of aryl methyl sites for hydroxylation is 2. The molecule has 0 saturated carbocycles. The van der Waals surface area contributed by atoms with Gasteiger partial charge in [0.05, 0.1) is 0 Å². The topological polar surface area (TPSA) is 8.17 Å². The zero-order chi connectivity index (χ0) is 17.6. The average molecular weight is 336 g/mol. The first kappa shape index (κ1) is 16.3. The number of nitrogens with zero attached hydrogens (tertiary/aromatic N) is 2. The predicted octanol–water partition coefficient (Wildman–Crippen LogP) is 4.96. The lowest BCUT2D eigenvalue weighted by Gasteiger charge is -2.36. The summed E-state index contributed by atoms with van der Waals surface area (Å²) in [6, 6.07) is 16.6. The predicted molar refractivity (Wildman–Crippen MR) is 101 cm³/mol. The summed E-state index contributed by atoms with van der Waals surface area (Å²) >= 11 is 0. The quantitative estimate of drug-likeness (QED) is 0.656. The number of aromatic nitrogens is 1. The third-order valence-corrected chi connectivity index (χ3v) is 5.87. The Morgan fingerprint density at radius 1 is 1.04 bits per heavy atom. The molecule has 2 atom stereocenters. The second kappa shape index (κ2) is 6.30. The lowest BCUT2D eigenvalue weighted by atomic mass is 9.93. The Morgan fingerprint density at radius 2 is 1.76 bits per heavy atom. The van der Waals surface area contributed by atoms with Crippen molar-refractivity contribution in [2.24, 2.45) is 0 Å². The molecule has 0 N–H and O–H groups in total. The van der Waals surface area contributed by atoms with Gasteiger partial charge in [0.15, 0.2) is 0 Å². The molecular formula is C22H25FN2. The molecule has 4 rings (SSSR count). The smallest absolute Gasteiger partial charge is 0.123 e. The summed E-state index contributed by atoms with van der Waals surface area (Å²) in [6.07, 6.45) is 2.00. The highest BCUT2D eigenvalue weighted by molar-refractivity contribution is 5.86. The fourth-order valence-electron chi connectivity index (χ4n) is 4.23. The molecule has 2 heterocycles. The molecule has 25 heavy (non-hydrogen) atoms.